The minimum atomic E-state index is -0.478. The number of tetrazole rings is 1. The fraction of sp³-hybridized carbons (Fsp3) is 0.579. The molecule has 4 rings (SSSR count). The SMILES string of the molecule is CC(C)(C)c1ccc(C2(C(=O)OCc3nnnn3C3CC3)CC2)cc1. The predicted molar refractivity (Wildman–Crippen MR) is 91.9 cm³/mol. The van der Waals surface area contributed by atoms with Crippen LogP contribution < -0.4 is 0 Å². The first kappa shape index (κ1) is 16.2. The Labute approximate surface area is 147 Å². The molecule has 132 valence electrons. The van der Waals surface area contributed by atoms with Crippen molar-refractivity contribution in [3.63, 3.8) is 0 Å². The van der Waals surface area contributed by atoms with E-state index in [9.17, 15) is 4.79 Å². The number of hydrogen-bond donors (Lipinski definition) is 0. The quantitative estimate of drug-likeness (QED) is 0.782. The van der Waals surface area contributed by atoms with Crippen molar-refractivity contribution < 1.29 is 9.53 Å². The molecule has 6 nitrogen and oxygen atoms in total. The summed E-state index contributed by atoms with van der Waals surface area (Å²) in [4.78, 5) is 12.7. The van der Waals surface area contributed by atoms with E-state index in [0.717, 1.165) is 31.2 Å². The molecule has 6 heteroatoms. The van der Waals surface area contributed by atoms with Gasteiger partial charge in [-0.3, -0.25) is 4.79 Å². The van der Waals surface area contributed by atoms with Gasteiger partial charge in [-0.25, -0.2) is 4.68 Å². The molecule has 2 aliphatic rings. The summed E-state index contributed by atoms with van der Waals surface area (Å²) in [5.41, 5.74) is 1.94. The zero-order chi connectivity index (χ0) is 17.7. The number of nitrogens with zero attached hydrogens (tertiary/aromatic N) is 4. The summed E-state index contributed by atoms with van der Waals surface area (Å²) in [7, 11) is 0. The molecule has 1 aromatic heterocycles. The van der Waals surface area contributed by atoms with Crippen molar-refractivity contribution in [2.75, 3.05) is 0 Å². The third-order valence-electron chi connectivity index (χ3n) is 5.23. The Hall–Kier alpha value is -2.24. The van der Waals surface area contributed by atoms with Crippen LogP contribution in [0.25, 0.3) is 0 Å². The molecule has 0 N–H and O–H groups in total. The normalized spacial score (nSPS) is 18.8. The Morgan fingerprint density at radius 1 is 1.24 bits per heavy atom. The van der Waals surface area contributed by atoms with E-state index < -0.39 is 5.41 Å². The monoisotopic (exact) mass is 340 g/mol. The summed E-state index contributed by atoms with van der Waals surface area (Å²) in [5.74, 6) is 0.469. The van der Waals surface area contributed by atoms with Gasteiger partial charge in [-0.05, 0) is 52.7 Å². The average Bonchev–Trinajstić information content (AvgIpc) is 3.51. The molecule has 0 amide bonds. The molecule has 0 radical (unpaired) electrons. The van der Waals surface area contributed by atoms with Crippen LogP contribution >= 0.6 is 0 Å². The molecule has 0 atom stereocenters. The second-order valence-electron chi connectivity index (χ2n) is 8.26. The lowest BCUT2D eigenvalue weighted by atomic mass is 9.85. The molecule has 0 unspecified atom stereocenters. The molecule has 0 bridgehead atoms. The van der Waals surface area contributed by atoms with Crippen molar-refractivity contribution in [2.24, 2.45) is 0 Å². The summed E-state index contributed by atoms with van der Waals surface area (Å²) in [6, 6.07) is 8.77. The lowest BCUT2D eigenvalue weighted by Gasteiger charge is -2.21. The van der Waals surface area contributed by atoms with Crippen molar-refractivity contribution in [3.05, 3.63) is 41.2 Å². The van der Waals surface area contributed by atoms with Gasteiger partial charge in [0.15, 0.2) is 12.4 Å². The number of benzene rings is 1. The number of hydrogen-bond acceptors (Lipinski definition) is 5. The van der Waals surface area contributed by atoms with Crippen LogP contribution in [0.2, 0.25) is 0 Å². The lowest BCUT2D eigenvalue weighted by Crippen LogP contribution is -2.24. The van der Waals surface area contributed by atoms with E-state index in [2.05, 4.69) is 60.6 Å². The summed E-state index contributed by atoms with van der Waals surface area (Å²) in [5, 5.41) is 11.7. The van der Waals surface area contributed by atoms with Crippen molar-refractivity contribution in [1.82, 2.24) is 20.2 Å². The fourth-order valence-electron chi connectivity index (χ4n) is 3.20. The maximum absolute atomic E-state index is 12.7. The highest BCUT2D eigenvalue weighted by Gasteiger charge is 2.53. The molecule has 25 heavy (non-hydrogen) atoms. The molecule has 1 heterocycles. The van der Waals surface area contributed by atoms with Gasteiger partial charge < -0.3 is 4.74 Å². The van der Waals surface area contributed by atoms with Crippen LogP contribution in [0.5, 0.6) is 0 Å². The smallest absolute Gasteiger partial charge is 0.317 e. The van der Waals surface area contributed by atoms with Crippen molar-refractivity contribution >= 4 is 5.97 Å². The van der Waals surface area contributed by atoms with Crippen LogP contribution in [0.15, 0.2) is 24.3 Å². The van der Waals surface area contributed by atoms with Crippen LogP contribution in [-0.2, 0) is 27.0 Å². The highest BCUT2D eigenvalue weighted by Crippen LogP contribution is 2.49. The summed E-state index contributed by atoms with van der Waals surface area (Å²) in [6.45, 7) is 6.71. The van der Waals surface area contributed by atoms with E-state index in [1.54, 1.807) is 4.68 Å². The van der Waals surface area contributed by atoms with Crippen molar-refractivity contribution in [2.45, 2.75) is 69.9 Å². The topological polar surface area (TPSA) is 69.9 Å². The largest absolute Gasteiger partial charge is 0.457 e. The lowest BCUT2D eigenvalue weighted by molar-refractivity contribution is -0.148. The van der Waals surface area contributed by atoms with Gasteiger partial charge in [0, 0.05) is 0 Å². The van der Waals surface area contributed by atoms with Gasteiger partial charge >= 0.3 is 5.97 Å². The minimum Gasteiger partial charge on any atom is -0.457 e. The molecule has 1 aromatic carbocycles. The van der Waals surface area contributed by atoms with E-state index in [1.165, 1.54) is 5.56 Å². The molecular weight excluding hydrogens is 316 g/mol. The molecule has 2 saturated carbocycles. The van der Waals surface area contributed by atoms with Crippen LogP contribution in [0.1, 0.15) is 69.4 Å². The van der Waals surface area contributed by atoms with Gasteiger partial charge in [-0.1, -0.05) is 45.0 Å². The van der Waals surface area contributed by atoms with Crippen molar-refractivity contribution in [1.29, 1.82) is 0 Å². The second-order valence-corrected chi connectivity index (χ2v) is 8.26. The van der Waals surface area contributed by atoms with Crippen LogP contribution in [0, 0.1) is 0 Å². The summed E-state index contributed by atoms with van der Waals surface area (Å²) < 4.78 is 7.36. The molecular formula is C19H24N4O2. The van der Waals surface area contributed by atoms with E-state index in [0.29, 0.717) is 11.9 Å². The Balaban J connectivity index is 1.45. The third-order valence-corrected chi connectivity index (χ3v) is 5.23. The Morgan fingerprint density at radius 3 is 2.48 bits per heavy atom. The number of esters is 1. The number of rotatable bonds is 5. The zero-order valence-corrected chi connectivity index (χ0v) is 15.0. The first-order valence-electron chi connectivity index (χ1n) is 8.95. The Bertz CT molecular complexity index is 781. The van der Waals surface area contributed by atoms with Crippen molar-refractivity contribution in [3.8, 4) is 0 Å². The third kappa shape index (κ3) is 3.05. The van der Waals surface area contributed by atoms with Crippen LogP contribution in [0.4, 0.5) is 0 Å². The van der Waals surface area contributed by atoms with E-state index in [1.807, 2.05) is 0 Å². The van der Waals surface area contributed by atoms with E-state index in [4.69, 9.17) is 4.74 Å². The first-order chi connectivity index (χ1) is 11.9. The molecule has 2 aliphatic carbocycles. The van der Waals surface area contributed by atoms with Gasteiger partial charge in [0.2, 0.25) is 0 Å². The van der Waals surface area contributed by atoms with E-state index >= 15 is 0 Å². The highest BCUT2D eigenvalue weighted by atomic mass is 16.5. The van der Waals surface area contributed by atoms with Gasteiger partial charge in [-0.15, -0.1) is 5.10 Å². The van der Waals surface area contributed by atoms with Gasteiger partial charge in [0.1, 0.15) is 0 Å². The standard InChI is InChI=1S/C19H24N4O2/c1-18(2,3)13-4-6-14(7-5-13)19(10-11-19)17(24)25-12-16-20-21-22-23(16)15-8-9-15/h4-7,15H,8-12H2,1-3H3. The van der Waals surface area contributed by atoms with Gasteiger partial charge in [-0.2, -0.15) is 0 Å². The highest BCUT2D eigenvalue weighted by molar-refractivity contribution is 5.86. The van der Waals surface area contributed by atoms with Gasteiger partial charge in [0.05, 0.1) is 11.5 Å². The average molecular weight is 340 g/mol. The number of ether oxygens (including phenoxy) is 1. The number of carbonyl (C=O) groups excluding carboxylic acids is 1. The Morgan fingerprint density at radius 2 is 1.92 bits per heavy atom. The molecule has 0 aliphatic heterocycles. The second kappa shape index (κ2) is 5.64. The van der Waals surface area contributed by atoms with Crippen LogP contribution in [0.3, 0.4) is 0 Å². The maximum atomic E-state index is 12.7. The van der Waals surface area contributed by atoms with E-state index in [-0.39, 0.29) is 18.0 Å². The molecule has 2 fully saturated rings. The molecule has 0 saturated heterocycles. The molecule has 0 spiro atoms. The Kier molecular flexibility index (Phi) is 3.67. The zero-order valence-electron chi connectivity index (χ0n) is 15.0. The first-order valence-corrected chi connectivity index (χ1v) is 8.95. The predicted octanol–water partition coefficient (Wildman–Crippen LogP) is 3.08. The summed E-state index contributed by atoms with van der Waals surface area (Å²) >= 11 is 0. The maximum Gasteiger partial charge on any atom is 0.317 e. The number of carbonyl (C=O) groups is 1. The van der Waals surface area contributed by atoms with Gasteiger partial charge in [0.25, 0.3) is 0 Å². The minimum absolute atomic E-state index is 0.107. The van der Waals surface area contributed by atoms with Crippen LogP contribution in [-0.4, -0.2) is 26.2 Å². The number of aromatic nitrogens is 4. The fourth-order valence-corrected chi connectivity index (χ4v) is 3.20. The molecule has 2 aromatic rings. The summed E-state index contributed by atoms with van der Waals surface area (Å²) in [6.07, 6.45) is 3.87.